The second kappa shape index (κ2) is 11.1. The van der Waals surface area contributed by atoms with E-state index in [1.807, 2.05) is 32.0 Å². The first-order chi connectivity index (χ1) is 13.4. The van der Waals surface area contributed by atoms with E-state index in [0.717, 1.165) is 25.2 Å². The Kier molecular flexibility index (Phi) is 8.80. The summed E-state index contributed by atoms with van der Waals surface area (Å²) in [7, 11) is 1.61. The molecule has 6 nitrogen and oxygen atoms in total. The molecule has 1 unspecified atom stereocenters. The minimum Gasteiger partial charge on any atom is -0.493 e. The Hall–Kier alpha value is -2.05. The van der Waals surface area contributed by atoms with Gasteiger partial charge in [0.15, 0.2) is 11.5 Å². The van der Waals surface area contributed by atoms with Crippen LogP contribution in [0.15, 0.2) is 24.3 Å². The summed E-state index contributed by atoms with van der Waals surface area (Å²) in [5, 5.41) is 2.93. The summed E-state index contributed by atoms with van der Waals surface area (Å²) in [6, 6.07) is 5.61. The van der Waals surface area contributed by atoms with Crippen LogP contribution in [0.2, 0.25) is 0 Å². The summed E-state index contributed by atoms with van der Waals surface area (Å²) in [4.78, 5) is 14.6. The molecule has 0 bridgehead atoms. The minimum absolute atomic E-state index is 0.0393. The fourth-order valence-electron chi connectivity index (χ4n) is 3.17. The molecule has 156 valence electrons. The number of ether oxygens (including phenoxy) is 3. The quantitative estimate of drug-likeness (QED) is 0.657. The Morgan fingerprint density at radius 1 is 1.32 bits per heavy atom. The molecule has 0 saturated carbocycles. The fraction of sp³-hybridized carbons (Fsp3) is 0.591. The molecule has 0 radical (unpaired) electrons. The third-order valence-electron chi connectivity index (χ3n) is 4.33. The second-order valence-corrected chi connectivity index (χ2v) is 7.80. The maximum Gasteiger partial charge on any atom is 0.244 e. The zero-order chi connectivity index (χ0) is 20.5. The number of benzene rings is 1. The van der Waals surface area contributed by atoms with E-state index in [0.29, 0.717) is 30.6 Å². The van der Waals surface area contributed by atoms with Crippen molar-refractivity contribution in [1.29, 1.82) is 0 Å². The first-order valence-corrected chi connectivity index (χ1v) is 10.0. The molecule has 1 aliphatic rings. The highest BCUT2D eigenvalue weighted by atomic mass is 16.5. The number of nitrogens with zero attached hydrogens (tertiary/aromatic N) is 1. The average Bonchev–Trinajstić information content (AvgIpc) is 2.65. The molecule has 28 heavy (non-hydrogen) atoms. The molecule has 1 heterocycles. The van der Waals surface area contributed by atoms with Gasteiger partial charge in [0.25, 0.3) is 0 Å². The number of morpholine rings is 1. The summed E-state index contributed by atoms with van der Waals surface area (Å²) in [5.41, 5.74) is 0.875. The number of hydrogen-bond acceptors (Lipinski definition) is 5. The van der Waals surface area contributed by atoms with Crippen LogP contribution in [0, 0.1) is 5.92 Å². The van der Waals surface area contributed by atoms with E-state index < -0.39 is 0 Å². The predicted molar refractivity (Wildman–Crippen MR) is 112 cm³/mol. The van der Waals surface area contributed by atoms with Crippen molar-refractivity contribution in [3.05, 3.63) is 29.8 Å². The van der Waals surface area contributed by atoms with Gasteiger partial charge >= 0.3 is 0 Å². The van der Waals surface area contributed by atoms with Crippen molar-refractivity contribution in [2.45, 2.75) is 39.9 Å². The topological polar surface area (TPSA) is 60.0 Å². The van der Waals surface area contributed by atoms with Crippen LogP contribution in [0.3, 0.4) is 0 Å². The van der Waals surface area contributed by atoms with E-state index in [1.165, 1.54) is 6.08 Å². The molecule has 0 aromatic heterocycles. The summed E-state index contributed by atoms with van der Waals surface area (Å²) in [6.45, 7) is 12.5. The SMILES string of the molecule is COc1cc(/C=C/C(=O)NCC2CN(CC(C)C)CCO2)ccc1OC(C)C. The molecule has 2 rings (SSSR count). The van der Waals surface area contributed by atoms with Crippen molar-refractivity contribution in [1.82, 2.24) is 10.2 Å². The lowest BCUT2D eigenvalue weighted by atomic mass is 10.1. The monoisotopic (exact) mass is 390 g/mol. The Balaban J connectivity index is 1.84. The average molecular weight is 391 g/mol. The molecule has 1 amide bonds. The molecule has 1 saturated heterocycles. The van der Waals surface area contributed by atoms with Gasteiger partial charge in [-0.15, -0.1) is 0 Å². The number of carbonyl (C=O) groups excluding carboxylic acids is 1. The summed E-state index contributed by atoms with van der Waals surface area (Å²) >= 11 is 0. The summed E-state index contributed by atoms with van der Waals surface area (Å²) in [6.07, 6.45) is 3.41. The second-order valence-electron chi connectivity index (χ2n) is 7.80. The largest absolute Gasteiger partial charge is 0.493 e. The van der Waals surface area contributed by atoms with Crippen molar-refractivity contribution in [2.24, 2.45) is 5.92 Å². The van der Waals surface area contributed by atoms with Gasteiger partial charge in [0, 0.05) is 32.3 Å². The lowest BCUT2D eigenvalue weighted by Crippen LogP contribution is -2.48. The molecule has 1 aromatic rings. The number of carbonyl (C=O) groups is 1. The molecular formula is C22H34N2O4. The first kappa shape index (κ1) is 22.2. The van der Waals surface area contributed by atoms with Crippen LogP contribution in [0.1, 0.15) is 33.3 Å². The predicted octanol–water partition coefficient (Wildman–Crippen LogP) is 2.97. The van der Waals surface area contributed by atoms with E-state index in [4.69, 9.17) is 14.2 Å². The first-order valence-electron chi connectivity index (χ1n) is 10.0. The van der Waals surface area contributed by atoms with Crippen molar-refractivity contribution >= 4 is 12.0 Å². The maximum atomic E-state index is 12.2. The molecule has 1 atom stereocenters. The molecule has 1 aliphatic heterocycles. The zero-order valence-corrected chi connectivity index (χ0v) is 17.7. The standard InChI is InChI=1S/C22H34N2O4/c1-16(2)14-24-10-11-27-19(15-24)13-23-22(25)9-7-18-6-8-20(28-17(3)4)21(12-18)26-5/h6-9,12,16-17,19H,10-11,13-15H2,1-5H3,(H,23,25)/b9-7+. The number of rotatable bonds is 9. The minimum atomic E-state index is -0.133. The van der Waals surface area contributed by atoms with Gasteiger partial charge in [0.1, 0.15) is 0 Å². The maximum absolute atomic E-state index is 12.2. The van der Waals surface area contributed by atoms with E-state index in [9.17, 15) is 4.79 Å². The van der Waals surface area contributed by atoms with Crippen LogP contribution in [-0.2, 0) is 9.53 Å². The normalized spacial score (nSPS) is 18.0. The highest BCUT2D eigenvalue weighted by Gasteiger charge is 2.21. The number of nitrogens with one attached hydrogen (secondary N) is 1. The van der Waals surface area contributed by atoms with Gasteiger partial charge in [0.05, 0.1) is 25.9 Å². The van der Waals surface area contributed by atoms with Gasteiger partial charge in [-0.05, 0) is 43.5 Å². The molecule has 0 spiro atoms. The fourth-order valence-corrected chi connectivity index (χ4v) is 3.17. The summed E-state index contributed by atoms with van der Waals surface area (Å²) < 4.78 is 16.9. The van der Waals surface area contributed by atoms with Crippen LogP contribution < -0.4 is 14.8 Å². The van der Waals surface area contributed by atoms with Crippen LogP contribution in [0.5, 0.6) is 11.5 Å². The molecule has 1 aromatic carbocycles. The van der Waals surface area contributed by atoms with Gasteiger partial charge < -0.3 is 19.5 Å². The third kappa shape index (κ3) is 7.52. The highest BCUT2D eigenvalue weighted by Crippen LogP contribution is 2.29. The van der Waals surface area contributed by atoms with Crippen molar-refractivity contribution < 1.29 is 19.0 Å². The number of hydrogen-bond donors (Lipinski definition) is 1. The smallest absolute Gasteiger partial charge is 0.244 e. The highest BCUT2D eigenvalue weighted by molar-refractivity contribution is 5.91. The van der Waals surface area contributed by atoms with Gasteiger partial charge in [-0.2, -0.15) is 0 Å². The van der Waals surface area contributed by atoms with Gasteiger partial charge in [-0.3, -0.25) is 9.69 Å². The Labute approximate surface area is 168 Å². The Bertz CT molecular complexity index is 658. The van der Waals surface area contributed by atoms with Crippen molar-refractivity contribution in [3.8, 4) is 11.5 Å². The third-order valence-corrected chi connectivity index (χ3v) is 4.33. The van der Waals surface area contributed by atoms with Crippen LogP contribution in [0.25, 0.3) is 6.08 Å². The Morgan fingerprint density at radius 3 is 2.79 bits per heavy atom. The molecule has 6 heteroatoms. The molecule has 1 fully saturated rings. The van der Waals surface area contributed by atoms with E-state index in [1.54, 1.807) is 13.2 Å². The van der Waals surface area contributed by atoms with Crippen LogP contribution in [0.4, 0.5) is 0 Å². The number of methoxy groups -OCH3 is 1. The molecule has 0 aliphatic carbocycles. The molecular weight excluding hydrogens is 356 g/mol. The molecule has 1 N–H and O–H groups in total. The lowest BCUT2D eigenvalue weighted by Gasteiger charge is -2.33. The van der Waals surface area contributed by atoms with Gasteiger partial charge in [-0.1, -0.05) is 19.9 Å². The van der Waals surface area contributed by atoms with E-state index in [2.05, 4.69) is 24.1 Å². The zero-order valence-electron chi connectivity index (χ0n) is 17.7. The lowest BCUT2D eigenvalue weighted by molar-refractivity contribution is -0.117. The van der Waals surface area contributed by atoms with Crippen molar-refractivity contribution in [2.75, 3.05) is 39.9 Å². The van der Waals surface area contributed by atoms with Crippen LogP contribution in [-0.4, -0.2) is 62.9 Å². The van der Waals surface area contributed by atoms with Gasteiger partial charge in [0.2, 0.25) is 5.91 Å². The van der Waals surface area contributed by atoms with Gasteiger partial charge in [-0.25, -0.2) is 0 Å². The van der Waals surface area contributed by atoms with Crippen LogP contribution >= 0.6 is 0 Å². The summed E-state index contributed by atoms with van der Waals surface area (Å²) in [5.74, 6) is 1.84. The van der Waals surface area contributed by atoms with E-state index in [-0.39, 0.29) is 18.1 Å². The number of amides is 1. The van der Waals surface area contributed by atoms with Crippen molar-refractivity contribution in [3.63, 3.8) is 0 Å². The Morgan fingerprint density at radius 2 is 2.11 bits per heavy atom. The van der Waals surface area contributed by atoms with E-state index >= 15 is 0 Å².